The fraction of sp³-hybridized carbons (Fsp3) is 0.450. The van der Waals surface area contributed by atoms with E-state index in [0.717, 1.165) is 5.56 Å². The van der Waals surface area contributed by atoms with E-state index in [1.165, 1.54) is 14.2 Å². The van der Waals surface area contributed by atoms with Gasteiger partial charge in [-0.15, -0.1) is 5.73 Å². The molecule has 4 heteroatoms. The van der Waals surface area contributed by atoms with E-state index in [2.05, 4.69) is 5.73 Å². The highest BCUT2D eigenvalue weighted by Gasteiger charge is 2.47. The van der Waals surface area contributed by atoms with Gasteiger partial charge in [0.05, 0.1) is 14.2 Å². The van der Waals surface area contributed by atoms with E-state index in [1.54, 1.807) is 6.08 Å². The second kappa shape index (κ2) is 8.51. The smallest absolute Gasteiger partial charge is 0.323 e. The van der Waals surface area contributed by atoms with E-state index >= 15 is 0 Å². The molecule has 0 saturated carbocycles. The first-order chi connectivity index (χ1) is 11.2. The normalized spacial score (nSPS) is 11.2. The van der Waals surface area contributed by atoms with Crippen molar-refractivity contribution in [1.29, 1.82) is 0 Å². The zero-order valence-corrected chi connectivity index (χ0v) is 15.1. The van der Waals surface area contributed by atoms with Crippen molar-refractivity contribution < 1.29 is 19.1 Å². The zero-order valence-electron chi connectivity index (χ0n) is 15.1. The lowest BCUT2D eigenvalue weighted by Crippen LogP contribution is -2.42. The van der Waals surface area contributed by atoms with Crippen LogP contribution < -0.4 is 0 Å². The Bertz CT molecular complexity index is 601. The highest BCUT2D eigenvalue weighted by atomic mass is 16.5. The molecular weight excluding hydrogens is 304 g/mol. The number of hydrogen-bond acceptors (Lipinski definition) is 4. The maximum atomic E-state index is 12.4. The number of hydrogen-bond donors (Lipinski definition) is 0. The van der Waals surface area contributed by atoms with Crippen LogP contribution in [-0.2, 0) is 25.5 Å². The van der Waals surface area contributed by atoms with Crippen molar-refractivity contribution in [2.75, 3.05) is 14.2 Å². The first-order valence-corrected chi connectivity index (χ1v) is 7.88. The summed E-state index contributed by atoms with van der Waals surface area (Å²) >= 11 is 0. The van der Waals surface area contributed by atoms with Gasteiger partial charge in [-0.3, -0.25) is 9.59 Å². The molecule has 0 saturated heterocycles. The molecular formula is C20H26O4. The molecule has 0 bridgehead atoms. The minimum atomic E-state index is -1.41. The summed E-state index contributed by atoms with van der Waals surface area (Å²) in [5.41, 5.74) is 2.48. The number of carbonyl (C=O) groups excluding carboxylic acids is 2. The van der Waals surface area contributed by atoms with Crippen LogP contribution in [0, 0.1) is 10.8 Å². The summed E-state index contributed by atoms with van der Waals surface area (Å²) in [6.07, 6.45) is 3.96. The predicted molar refractivity (Wildman–Crippen MR) is 93.3 cm³/mol. The van der Waals surface area contributed by atoms with Gasteiger partial charge in [0.1, 0.15) is 0 Å². The van der Waals surface area contributed by atoms with Gasteiger partial charge in [0.15, 0.2) is 5.41 Å². The third-order valence-electron chi connectivity index (χ3n) is 3.59. The van der Waals surface area contributed by atoms with Crippen LogP contribution in [0.4, 0.5) is 0 Å². The molecule has 0 fully saturated rings. The molecule has 24 heavy (non-hydrogen) atoms. The average molecular weight is 330 g/mol. The van der Waals surface area contributed by atoms with E-state index in [-0.39, 0.29) is 18.3 Å². The molecule has 1 rings (SSSR count). The minimum Gasteiger partial charge on any atom is -0.468 e. The first-order valence-electron chi connectivity index (χ1n) is 7.88. The van der Waals surface area contributed by atoms with Crippen LogP contribution in [0.15, 0.2) is 48.2 Å². The van der Waals surface area contributed by atoms with Gasteiger partial charge in [0.25, 0.3) is 0 Å². The van der Waals surface area contributed by atoms with E-state index in [9.17, 15) is 9.59 Å². The van der Waals surface area contributed by atoms with Gasteiger partial charge in [0.2, 0.25) is 0 Å². The number of benzene rings is 1. The number of methoxy groups -OCH3 is 2. The van der Waals surface area contributed by atoms with Gasteiger partial charge in [-0.1, -0.05) is 51.1 Å². The minimum absolute atomic E-state index is 0.0326. The van der Waals surface area contributed by atoms with Crippen LogP contribution in [-0.4, -0.2) is 26.2 Å². The van der Waals surface area contributed by atoms with Crippen LogP contribution in [0.3, 0.4) is 0 Å². The van der Waals surface area contributed by atoms with Crippen LogP contribution in [0.2, 0.25) is 0 Å². The Hall–Kier alpha value is -2.32. The summed E-state index contributed by atoms with van der Waals surface area (Å²) < 4.78 is 9.82. The second-order valence-corrected chi connectivity index (χ2v) is 6.81. The Morgan fingerprint density at radius 1 is 1.04 bits per heavy atom. The zero-order chi connectivity index (χ0) is 18.2. The lowest BCUT2D eigenvalue weighted by molar-refractivity contribution is -0.168. The molecule has 0 unspecified atom stereocenters. The van der Waals surface area contributed by atoms with Gasteiger partial charge >= 0.3 is 11.9 Å². The molecule has 0 aliphatic carbocycles. The summed E-state index contributed by atoms with van der Waals surface area (Å²) in [6.45, 7) is 6.14. The number of allylic oxidation sites excluding steroid dienone is 1. The lowest BCUT2D eigenvalue weighted by Gasteiger charge is -2.27. The third kappa shape index (κ3) is 5.39. The van der Waals surface area contributed by atoms with E-state index in [0.29, 0.717) is 0 Å². The standard InChI is InChI=1S/C20H26O4/c1-19(2,3)13-9-10-14-20(17(21)23-4,18(22)24-5)15-16-11-7-6-8-12-16/h6-8,10-13H,14-15H2,1-5H3. The predicted octanol–water partition coefficient (Wildman–Crippen LogP) is 3.71. The maximum absolute atomic E-state index is 12.4. The molecule has 0 aliphatic heterocycles. The molecule has 0 aliphatic rings. The summed E-state index contributed by atoms with van der Waals surface area (Å²) in [4.78, 5) is 24.9. The van der Waals surface area contributed by atoms with Crippen molar-refractivity contribution in [2.24, 2.45) is 10.8 Å². The van der Waals surface area contributed by atoms with Gasteiger partial charge in [-0.05, 0) is 36.0 Å². The van der Waals surface area contributed by atoms with Crippen molar-refractivity contribution in [2.45, 2.75) is 33.6 Å². The van der Waals surface area contributed by atoms with E-state index in [1.807, 2.05) is 57.2 Å². The van der Waals surface area contributed by atoms with Crippen molar-refractivity contribution in [3.63, 3.8) is 0 Å². The van der Waals surface area contributed by atoms with Gasteiger partial charge in [-0.2, -0.15) is 0 Å². The quantitative estimate of drug-likeness (QED) is 0.453. The molecule has 0 atom stereocenters. The number of ether oxygens (including phenoxy) is 2. The van der Waals surface area contributed by atoms with Crippen LogP contribution in [0.25, 0.3) is 0 Å². The van der Waals surface area contributed by atoms with Gasteiger partial charge in [0, 0.05) is 0 Å². The molecule has 0 radical (unpaired) electrons. The molecule has 1 aromatic carbocycles. The Morgan fingerprint density at radius 3 is 2.04 bits per heavy atom. The molecule has 1 aromatic rings. The summed E-state index contributed by atoms with van der Waals surface area (Å²) in [7, 11) is 2.56. The van der Waals surface area contributed by atoms with Crippen LogP contribution >= 0.6 is 0 Å². The number of esters is 2. The second-order valence-electron chi connectivity index (χ2n) is 6.81. The van der Waals surface area contributed by atoms with Crippen molar-refractivity contribution in [3.05, 3.63) is 53.8 Å². The summed E-state index contributed by atoms with van der Waals surface area (Å²) in [5, 5.41) is 0. The highest BCUT2D eigenvalue weighted by Crippen LogP contribution is 2.31. The molecule has 0 amide bonds. The molecule has 0 N–H and O–H groups in total. The topological polar surface area (TPSA) is 52.6 Å². The van der Waals surface area contributed by atoms with Crippen LogP contribution in [0.1, 0.15) is 32.8 Å². The Balaban J connectivity index is 3.24. The first kappa shape index (κ1) is 19.7. The number of rotatable bonds is 6. The van der Waals surface area contributed by atoms with E-state index in [4.69, 9.17) is 9.47 Å². The van der Waals surface area contributed by atoms with Gasteiger partial charge < -0.3 is 9.47 Å². The third-order valence-corrected chi connectivity index (χ3v) is 3.59. The largest absolute Gasteiger partial charge is 0.468 e. The number of carbonyl (C=O) groups is 2. The fourth-order valence-corrected chi connectivity index (χ4v) is 2.34. The average Bonchev–Trinajstić information content (AvgIpc) is 2.56. The Labute approximate surface area is 144 Å². The van der Waals surface area contributed by atoms with Crippen molar-refractivity contribution in [3.8, 4) is 0 Å². The molecule has 0 aromatic heterocycles. The Morgan fingerprint density at radius 2 is 1.58 bits per heavy atom. The highest BCUT2D eigenvalue weighted by molar-refractivity contribution is 6.00. The molecule has 130 valence electrons. The summed E-state index contributed by atoms with van der Waals surface area (Å²) in [6, 6.07) is 9.35. The molecule has 0 spiro atoms. The molecule has 4 nitrogen and oxygen atoms in total. The molecule has 0 heterocycles. The van der Waals surface area contributed by atoms with Crippen molar-refractivity contribution in [1.82, 2.24) is 0 Å². The van der Waals surface area contributed by atoms with Crippen LogP contribution in [0.5, 0.6) is 0 Å². The van der Waals surface area contributed by atoms with E-state index < -0.39 is 17.4 Å². The van der Waals surface area contributed by atoms with Crippen molar-refractivity contribution >= 4 is 11.9 Å². The SMILES string of the molecule is COC(=O)C(CC=C=CC(C)(C)C)(Cc1ccccc1)C(=O)OC. The Kier molecular flexibility index (Phi) is 6.99. The monoisotopic (exact) mass is 330 g/mol. The van der Waals surface area contributed by atoms with Gasteiger partial charge in [-0.25, -0.2) is 0 Å². The summed E-state index contributed by atoms with van der Waals surface area (Å²) in [5.74, 6) is -1.21. The fourth-order valence-electron chi connectivity index (χ4n) is 2.34. The maximum Gasteiger partial charge on any atom is 0.323 e. The lowest BCUT2D eigenvalue weighted by atomic mass is 9.78.